The fourth-order valence-electron chi connectivity index (χ4n) is 10.8. The van der Waals surface area contributed by atoms with Crippen LogP contribution in [-0.2, 0) is 35.2 Å². The van der Waals surface area contributed by atoms with E-state index in [1.807, 2.05) is 67.1 Å². The van der Waals surface area contributed by atoms with Gasteiger partial charge in [-0.3, -0.25) is 0 Å². The molecule has 0 amide bonds. The second-order valence-electron chi connectivity index (χ2n) is 18.8. The van der Waals surface area contributed by atoms with Crippen LogP contribution in [0.3, 0.4) is 0 Å². The lowest BCUT2D eigenvalue weighted by Crippen LogP contribution is -2.29. The number of ether oxygens (including phenoxy) is 2. The Kier molecular flexibility index (Phi) is 11.9. The Bertz CT molecular complexity index is 3120. The van der Waals surface area contributed by atoms with Crippen molar-refractivity contribution in [2.24, 2.45) is 11.8 Å². The molecule has 3 aliphatic rings. The Morgan fingerprint density at radius 2 is 1.13 bits per heavy atom. The van der Waals surface area contributed by atoms with Gasteiger partial charge in [0.1, 0.15) is 36.2 Å². The fourth-order valence-corrected chi connectivity index (χ4v) is 10.8. The molecule has 1 saturated heterocycles. The van der Waals surface area contributed by atoms with Gasteiger partial charge in [0.05, 0.1) is 46.7 Å². The molecule has 11 rings (SSSR count). The van der Waals surface area contributed by atoms with Crippen LogP contribution < -0.4 is 11.5 Å². The van der Waals surface area contributed by atoms with Gasteiger partial charge in [0.2, 0.25) is 0 Å². The highest BCUT2D eigenvalue weighted by Gasteiger charge is 2.54. The molecule has 6 N–H and O–H groups in total. The molecule has 67 heavy (non-hydrogen) atoms. The zero-order valence-electron chi connectivity index (χ0n) is 38.1. The van der Waals surface area contributed by atoms with Gasteiger partial charge in [0.25, 0.3) is 0 Å². The first-order valence-corrected chi connectivity index (χ1v) is 23.3. The van der Waals surface area contributed by atoms with Crippen molar-refractivity contribution < 1.29 is 28.5 Å². The van der Waals surface area contributed by atoms with E-state index in [2.05, 4.69) is 60.6 Å². The van der Waals surface area contributed by atoms with Crippen LogP contribution in [0, 0.1) is 23.5 Å². The molecule has 3 fully saturated rings. The number of fused-ring (bicyclic) bond motifs is 5. The normalized spacial score (nSPS) is 24.5. The van der Waals surface area contributed by atoms with Crippen LogP contribution in [0.15, 0.2) is 85.7 Å². The van der Waals surface area contributed by atoms with Crippen LogP contribution in [0.2, 0.25) is 0 Å². The average Bonchev–Trinajstić information content (AvgIpc) is 4.14. The van der Waals surface area contributed by atoms with Crippen LogP contribution in [-0.4, -0.2) is 79.5 Å². The molecule has 0 bridgehead atoms. The number of hydrogen-bond acceptors (Lipinski definition) is 12. The Morgan fingerprint density at radius 3 is 1.67 bits per heavy atom. The molecule has 6 aromatic heterocycles. The van der Waals surface area contributed by atoms with Gasteiger partial charge in [-0.25, -0.2) is 38.7 Å². The van der Waals surface area contributed by atoms with Crippen molar-refractivity contribution in [3.8, 4) is 0 Å². The van der Waals surface area contributed by atoms with E-state index in [1.165, 1.54) is 12.1 Å². The van der Waals surface area contributed by atoms with Crippen LogP contribution in [0.25, 0.3) is 43.9 Å². The summed E-state index contributed by atoms with van der Waals surface area (Å²) in [4.78, 5) is 26.2. The first-order valence-electron chi connectivity index (χ1n) is 23.3. The fraction of sp³-hybridized carbons (Fsp3) is 0.412. The van der Waals surface area contributed by atoms with Crippen LogP contribution in [0.1, 0.15) is 88.0 Å². The minimum absolute atomic E-state index is 0.0169. The summed E-state index contributed by atoms with van der Waals surface area (Å²) in [6, 6.07) is 18.5. The number of aromatic nitrogens is 8. The van der Waals surface area contributed by atoms with E-state index in [4.69, 9.17) is 20.9 Å². The van der Waals surface area contributed by atoms with E-state index in [9.17, 15) is 19.0 Å². The van der Waals surface area contributed by atoms with E-state index in [0.29, 0.717) is 36.1 Å². The second-order valence-corrected chi connectivity index (χ2v) is 18.8. The number of halogens is 2. The minimum Gasteiger partial charge on any atom is -0.390 e. The number of anilines is 2. The molecule has 14 nitrogen and oxygen atoms in total. The Hall–Kier alpha value is -6.20. The summed E-state index contributed by atoms with van der Waals surface area (Å²) in [6.07, 6.45) is 12.1. The Balaban J connectivity index is 0.000000157. The zero-order valence-corrected chi connectivity index (χ0v) is 38.1. The third-order valence-electron chi connectivity index (χ3n) is 14.2. The predicted octanol–water partition coefficient (Wildman–Crippen LogP) is 8.16. The van der Waals surface area contributed by atoms with Crippen molar-refractivity contribution in [3.63, 3.8) is 0 Å². The number of aliphatic hydroxyl groups excluding tert-OH is 2. The summed E-state index contributed by atoms with van der Waals surface area (Å²) in [5.74, 6) is -1.52. The van der Waals surface area contributed by atoms with E-state index in [-0.39, 0.29) is 41.8 Å². The maximum atomic E-state index is 13.8. The Labute approximate surface area is 386 Å². The van der Waals surface area contributed by atoms with Crippen molar-refractivity contribution in [3.05, 3.63) is 120 Å². The highest BCUT2D eigenvalue weighted by Crippen LogP contribution is 2.49. The molecule has 348 valence electrons. The molecular weight excluding hydrogens is 855 g/mol. The molecule has 0 unspecified atom stereocenters. The highest BCUT2D eigenvalue weighted by atomic mass is 19.1. The molecule has 8 aromatic rings. The number of nitrogens with zero attached hydrogens (tertiary/aromatic N) is 8. The summed E-state index contributed by atoms with van der Waals surface area (Å²) in [7, 11) is 0. The van der Waals surface area contributed by atoms with Gasteiger partial charge in [-0.05, 0) is 125 Å². The van der Waals surface area contributed by atoms with Gasteiger partial charge in [0, 0.05) is 33.9 Å². The van der Waals surface area contributed by atoms with E-state index in [1.54, 1.807) is 12.7 Å². The lowest BCUT2D eigenvalue weighted by Gasteiger charge is -2.24. The summed E-state index contributed by atoms with van der Waals surface area (Å²) < 4.78 is 44.5. The number of rotatable bonds is 10. The summed E-state index contributed by atoms with van der Waals surface area (Å²) in [5, 5.41) is 25.1. The molecule has 2 aliphatic carbocycles. The van der Waals surface area contributed by atoms with Crippen LogP contribution in [0.5, 0.6) is 0 Å². The number of aryl methyl sites for hydroxylation is 4. The standard InChI is InChI=1S/C27H30FN5O2.C24H26FN5O2/c1-4-20-18-9-10-33(26(18)31-14-30-20)22-13-17(23-24(22)35-27(2,3)34-23)8-6-15-5-7-16-12-19(28)25(29)32-21(16)11-15;1-2-18-16-7-8-30(24(16)28-12-27-18)20-11-15(21(31)22(20)32)6-4-13-3-5-14-10-17(25)23(26)29-19(14)9-13/h5,7,9-12,14,17,22-24H,4,6,8,13H2,1-3H3,(H2,29,32);3,5,7-10,12,15,20-22,31-32H,2,4,6,11H2,1H3,(H2,26,29)/t17-,22+,23+,24-;15-,20+,21+,22-/m00/s1. The minimum atomic E-state index is -0.864. The van der Waals surface area contributed by atoms with Gasteiger partial charge >= 0.3 is 0 Å². The maximum Gasteiger partial charge on any atom is 0.165 e. The SMILES string of the molecule is CCc1ncnc2c1ccn2[C@@H]1C[C@H](CCc2ccc3cc(F)c(N)nc3c2)[C@@H](O)[C@H]1O.CCc1ncnc2c1ccn2[C@@H]1C[C@H](CCc2ccc3cc(F)c(N)nc3c2)[C@H]2OC(C)(C)O[C@H]21. The zero-order chi connectivity index (χ0) is 46.7. The van der Waals surface area contributed by atoms with Crippen molar-refractivity contribution >= 4 is 55.5 Å². The van der Waals surface area contributed by atoms with Crippen molar-refractivity contribution in [2.75, 3.05) is 11.5 Å². The summed E-state index contributed by atoms with van der Waals surface area (Å²) >= 11 is 0. The maximum absolute atomic E-state index is 13.8. The third kappa shape index (κ3) is 8.45. The molecule has 16 heteroatoms. The molecule has 7 heterocycles. The van der Waals surface area contributed by atoms with Crippen molar-refractivity contribution in [1.29, 1.82) is 0 Å². The molecule has 2 aromatic carbocycles. The number of benzene rings is 2. The van der Waals surface area contributed by atoms with Gasteiger partial charge in [-0.15, -0.1) is 0 Å². The van der Waals surface area contributed by atoms with E-state index < -0.39 is 29.6 Å². The number of nitrogens with two attached hydrogens (primary N) is 2. The summed E-state index contributed by atoms with van der Waals surface area (Å²) in [5.41, 5.74) is 18.6. The van der Waals surface area contributed by atoms with Gasteiger partial charge in [-0.1, -0.05) is 38.1 Å². The predicted molar refractivity (Wildman–Crippen MR) is 253 cm³/mol. The number of hydrogen-bond donors (Lipinski definition) is 4. The molecule has 1 aliphatic heterocycles. The van der Waals surface area contributed by atoms with Gasteiger partial charge in [-0.2, -0.15) is 0 Å². The second kappa shape index (κ2) is 17.8. The molecule has 0 radical (unpaired) electrons. The molecule has 2 saturated carbocycles. The molecule has 0 spiro atoms. The monoisotopic (exact) mass is 910 g/mol. The van der Waals surface area contributed by atoms with Gasteiger partial charge in [0.15, 0.2) is 29.1 Å². The van der Waals surface area contributed by atoms with Crippen LogP contribution >= 0.6 is 0 Å². The number of aliphatic hydroxyl groups is 2. The smallest absolute Gasteiger partial charge is 0.165 e. The Morgan fingerprint density at radius 1 is 0.642 bits per heavy atom. The number of pyridine rings is 2. The molecular formula is C51H56F2N10O4. The van der Waals surface area contributed by atoms with Crippen molar-refractivity contribution in [1.82, 2.24) is 39.0 Å². The first-order chi connectivity index (χ1) is 32.3. The quantitative estimate of drug-likeness (QED) is 0.103. The lowest BCUT2D eigenvalue weighted by atomic mass is 9.95. The third-order valence-corrected chi connectivity index (χ3v) is 14.2. The van der Waals surface area contributed by atoms with Gasteiger partial charge < -0.3 is 40.3 Å². The van der Waals surface area contributed by atoms with Crippen molar-refractivity contribution in [2.45, 2.75) is 121 Å². The topological polar surface area (TPSA) is 198 Å². The molecule has 8 atom stereocenters. The lowest BCUT2D eigenvalue weighted by molar-refractivity contribution is -0.160. The average molecular weight is 911 g/mol. The van der Waals surface area contributed by atoms with E-state index in [0.717, 1.165) is 87.6 Å². The number of nitrogen functional groups attached to an aromatic ring is 2. The first kappa shape index (κ1) is 44.6. The summed E-state index contributed by atoms with van der Waals surface area (Å²) in [6.45, 7) is 8.15. The largest absolute Gasteiger partial charge is 0.390 e. The van der Waals surface area contributed by atoms with Crippen LogP contribution in [0.4, 0.5) is 20.4 Å². The van der Waals surface area contributed by atoms with E-state index >= 15 is 0 Å². The highest BCUT2D eigenvalue weighted by molar-refractivity contribution is 5.82.